The second-order valence-corrected chi connectivity index (χ2v) is 7.89. The molecule has 0 spiro atoms. The second-order valence-electron chi connectivity index (χ2n) is 7.89. The van der Waals surface area contributed by atoms with Gasteiger partial charge in [0.25, 0.3) is 11.8 Å². The minimum atomic E-state index is -0.546. The normalized spacial score (nSPS) is 13.6. The number of benzene rings is 3. The molecule has 0 fully saturated rings. The minimum absolute atomic E-state index is 0.0723. The van der Waals surface area contributed by atoms with Crippen LogP contribution < -0.4 is 19.7 Å². The molecule has 0 bridgehead atoms. The number of halogens is 1. The molecule has 0 aliphatic carbocycles. The van der Waals surface area contributed by atoms with Crippen LogP contribution in [0.4, 0.5) is 15.8 Å². The van der Waals surface area contributed by atoms with Crippen LogP contribution in [0.3, 0.4) is 0 Å². The number of para-hydroxylation sites is 4. The summed E-state index contributed by atoms with van der Waals surface area (Å²) >= 11 is 0. The molecular formula is C27H25FN2O4. The van der Waals surface area contributed by atoms with E-state index in [9.17, 15) is 14.0 Å². The van der Waals surface area contributed by atoms with Gasteiger partial charge in [-0.3, -0.25) is 9.59 Å². The Bertz CT molecular complexity index is 1250. The van der Waals surface area contributed by atoms with E-state index in [0.717, 1.165) is 4.90 Å². The molecule has 1 aliphatic heterocycles. The number of hydrogen-bond acceptors (Lipinski definition) is 5. The van der Waals surface area contributed by atoms with E-state index in [1.54, 1.807) is 42.5 Å². The minimum Gasteiger partial charge on any atom is -0.492 e. The highest BCUT2D eigenvalue weighted by Crippen LogP contribution is 2.39. The summed E-state index contributed by atoms with van der Waals surface area (Å²) in [7, 11) is 0. The number of amides is 2. The Balaban J connectivity index is 1.83. The lowest BCUT2D eigenvalue weighted by atomic mass is 10.0. The topological polar surface area (TPSA) is 67.9 Å². The van der Waals surface area contributed by atoms with E-state index < -0.39 is 17.6 Å². The van der Waals surface area contributed by atoms with Crippen molar-refractivity contribution in [1.82, 2.24) is 0 Å². The Labute approximate surface area is 197 Å². The molecule has 0 saturated carbocycles. The summed E-state index contributed by atoms with van der Waals surface area (Å²) in [6.07, 6.45) is -0.158. The number of anilines is 2. The summed E-state index contributed by atoms with van der Waals surface area (Å²) in [5.41, 5.74) is 1.49. The molecule has 0 saturated heterocycles. The summed E-state index contributed by atoms with van der Waals surface area (Å²) in [4.78, 5) is 28.5. The van der Waals surface area contributed by atoms with E-state index >= 15 is 0 Å². The van der Waals surface area contributed by atoms with Gasteiger partial charge in [0.2, 0.25) is 0 Å². The third-order valence-electron chi connectivity index (χ3n) is 5.13. The highest BCUT2D eigenvalue weighted by Gasteiger charge is 2.41. The number of nitrogens with zero attached hydrogens (tertiary/aromatic N) is 1. The lowest BCUT2D eigenvalue weighted by Crippen LogP contribution is -2.33. The predicted octanol–water partition coefficient (Wildman–Crippen LogP) is 5.41. The molecular weight excluding hydrogens is 435 g/mol. The zero-order valence-corrected chi connectivity index (χ0v) is 19.2. The van der Waals surface area contributed by atoms with E-state index in [1.165, 1.54) is 24.3 Å². The lowest BCUT2D eigenvalue weighted by molar-refractivity contribution is -0.120. The van der Waals surface area contributed by atoms with Crippen LogP contribution in [0, 0.1) is 5.82 Å². The number of hydrogen-bond donors (Lipinski definition) is 1. The Morgan fingerprint density at radius 1 is 0.882 bits per heavy atom. The Morgan fingerprint density at radius 2 is 1.53 bits per heavy atom. The number of ether oxygens (including phenoxy) is 2. The smallest absolute Gasteiger partial charge is 0.282 e. The van der Waals surface area contributed by atoms with Crippen LogP contribution in [0.15, 0.2) is 78.5 Å². The van der Waals surface area contributed by atoms with E-state index in [4.69, 9.17) is 9.47 Å². The molecule has 7 heteroatoms. The van der Waals surface area contributed by atoms with Gasteiger partial charge in [-0.1, -0.05) is 36.4 Å². The van der Waals surface area contributed by atoms with Crippen molar-refractivity contribution < 1.29 is 23.5 Å². The van der Waals surface area contributed by atoms with Crippen molar-refractivity contribution in [3.8, 4) is 11.5 Å². The number of carbonyl (C=O) groups excluding carboxylic acids is 2. The van der Waals surface area contributed by atoms with Crippen LogP contribution in [0.25, 0.3) is 5.57 Å². The highest BCUT2D eigenvalue weighted by atomic mass is 19.1. The molecule has 3 aromatic rings. The molecule has 6 nitrogen and oxygen atoms in total. The molecule has 0 aromatic heterocycles. The van der Waals surface area contributed by atoms with Crippen molar-refractivity contribution in [3.05, 3.63) is 89.9 Å². The standard InChI is InChI=1S/C27H25FN2O4/c1-4-33-22-11-7-5-9-20(22)29-25-24(18-13-15-19(28)16-14-18)26(31)30(27(25)32)21-10-6-8-12-23(21)34-17(2)3/h5-17,29H,4H2,1-3H3. The molecule has 174 valence electrons. The van der Waals surface area contributed by atoms with Gasteiger partial charge >= 0.3 is 0 Å². The van der Waals surface area contributed by atoms with Crippen molar-refractivity contribution >= 4 is 28.8 Å². The number of rotatable bonds is 8. The lowest BCUT2D eigenvalue weighted by Gasteiger charge is -2.20. The van der Waals surface area contributed by atoms with Gasteiger partial charge in [0.1, 0.15) is 23.0 Å². The monoisotopic (exact) mass is 460 g/mol. The summed E-state index contributed by atoms with van der Waals surface area (Å²) < 4.78 is 25.2. The van der Waals surface area contributed by atoms with Crippen molar-refractivity contribution in [3.63, 3.8) is 0 Å². The highest BCUT2D eigenvalue weighted by molar-refractivity contribution is 6.46. The van der Waals surface area contributed by atoms with Crippen molar-refractivity contribution in [1.29, 1.82) is 0 Å². The molecule has 1 heterocycles. The van der Waals surface area contributed by atoms with E-state index in [-0.39, 0.29) is 17.4 Å². The van der Waals surface area contributed by atoms with Crippen molar-refractivity contribution in [2.24, 2.45) is 0 Å². The molecule has 1 aliphatic rings. The first kappa shape index (κ1) is 23.0. The summed E-state index contributed by atoms with van der Waals surface area (Å²) in [5.74, 6) is -0.570. The Hall–Kier alpha value is -4.13. The second kappa shape index (κ2) is 9.79. The van der Waals surface area contributed by atoms with E-state index in [2.05, 4.69) is 5.32 Å². The van der Waals surface area contributed by atoms with Gasteiger partial charge < -0.3 is 14.8 Å². The van der Waals surface area contributed by atoms with Crippen LogP contribution in [-0.2, 0) is 9.59 Å². The Morgan fingerprint density at radius 3 is 2.21 bits per heavy atom. The van der Waals surface area contributed by atoms with Crippen LogP contribution >= 0.6 is 0 Å². The van der Waals surface area contributed by atoms with Crippen molar-refractivity contribution in [2.45, 2.75) is 26.9 Å². The number of imide groups is 1. The fraction of sp³-hybridized carbons (Fsp3) is 0.185. The van der Waals surface area contributed by atoms with E-state index in [0.29, 0.717) is 35.0 Å². The maximum Gasteiger partial charge on any atom is 0.282 e. The Kier molecular flexibility index (Phi) is 6.63. The van der Waals surface area contributed by atoms with Gasteiger partial charge in [0.15, 0.2) is 0 Å². The first-order valence-electron chi connectivity index (χ1n) is 11.0. The van der Waals surface area contributed by atoms with Gasteiger partial charge in [-0.25, -0.2) is 9.29 Å². The summed E-state index contributed by atoms with van der Waals surface area (Å²) in [6, 6.07) is 19.5. The molecule has 0 atom stereocenters. The third-order valence-corrected chi connectivity index (χ3v) is 5.13. The summed E-state index contributed by atoms with van der Waals surface area (Å²) in [6.45, 7) is 6.02. The SMILES string of the molecule is CCOc1ccccc1NC1=C(c2ccc(F)cc2)C(=O)N(c2ccccc2OC(C)C)C1=O. The van der Waals surface area contributed by atoms with Gasteiger partial charge in [-0.15, -0.1) is 0 Å². The van der Waals surface area contributed by atoms with Gasteiger partial charge in [0.05, 0.1) is 29.7 Å². The zero-order chi connectivity index (χ0) is 24.2. The van der Waals surface area contributed by atoms with Crippen LogP contribution in [-0.4, -0.2) is 24.5 Å². The van der Waals surface area contributed by atoms with Gasteiger partial charge in [-0.2, -0.15) is 0 Å². The zero-order valence-electron chi connectivity index (χ0n) is 19.2. The van der Waals surface area contributed by atoms with Gasteiger partial charge in [0, 0.05) is 0 Å². The van der Waals surface area contributed by atoms with Crippen molar-refractivity contribution in [2.75, 3.05) is 16.8 Å². The molecule has 0 radical (unpaired) electrons. The summed E-state index contributed by atoms with van der Waals surface area (Å²) in [5, 5.41) is 3.11. The molecule has 0 unspecified atom stereocenters. The first-order valence-corrected chi connectivity index (χ1v) is 11.0. The largest absolute Gasteiger partial charge is 0.492 e. The quantitative estimate of drug-likeness (QED) is 0.456. The maximum atomic E-state index is 13.7. The number of nitrogens with one attached hydrogen (secondary N) is 1. The fourth-order valence-electron chi connectivity index (χ4n) is 3.73. The van der Waals surface area contributed by atoms with Crippen LogP contribution in [0.5, 0.6) is 11.5 Å². The van der Waals surface area contributed by atoms with E-state index in [1.807, 2.05) is 26.8 Å². The molecule has 4 rings (SSSR count). The van der Waals surface area contributed by atoms with Crippen LogP contribution in [0.2, 0.25) is 0 Å². The predicted molar refractivity (Wildman–Crippen MR) is 129 cm³/mol. The molecule has 2 amide bonds. The average molecular weight is 461 g/mol. The first-order chi connectivity index (χ1) is 16.4. The molecule has 3 aromatic carbocycles. The number of carbonyl (C=O) groups is 2. The maximum absolute atomic E-state index is 13.7. The third kappa shape index (κ3) is 4.50. The van der Waals surface area contributed by atoms with Crippen LogP contribution in [0.1, 0.15) is 26.3 Å². The van der Waals surface area contributed by atoms with Gasteiger partial charge in [-0.05, 0) is 62.7 Å². The molecule has 1 N–H and O–H groups in total. The fourth-order valence-corrected chi connectivity index (χ4v) is 3.73. The molecule has 34 heavy (non-hydrogen) atoms. The average Bonchev–Trinajstić information content (AvgIpc) is 3.05.